The summed E-state index contributed by atoms with van der Waals surface area (Å²) >= 11 is 5.90. The second-order valence-corrected chi connectivity index (χ2v) is 4.57. The van der Waals surface area contributed by atoms with Gasteiger partial charge in [0.1, 0.15) is 0 Å². The first kappa shape index (κ1) is 12.5. The van der Waals surface area contributed by atoms with E-state index < -0.39 is 11.2 Å². The summed E-state index contributed by atoms with van der Waals surface area (Å²) in [7, 11) is 1.36. The summed E-state index contributed by atoms with van der Waals surface area (Å²) in [5.74, 6) is 0.268. The van der Waals surface area contributed by atoms with Gasteiger partial charge in [-0.25, -0.2) is 9.78 Å². The van der Waals surface area contributed by atoms with Crippen LogP contribution in [0.2, 0.25) is 5.02 Å². The molecule has 0 aliphatic rings. The number of H-pyrrole nitrogens is 1. The van der Waals surface area contributed by atoms with Crippen LogP contribution in [0.5, 0.6) is 0 Å². The second kappa shape index (κ2) is 4.53. The van der Waals surface area contributed by atoms with Crippen LogP contribution in [0.25, 0.3) is 22.6 Å². The maximum Gasteiger partial charge on any atom is 0.329 e. The molecule has 0 fully saturated rings. The van der Waals surface area contributed by atoms with Crippen molar-refractivity contribution in [1.82, 2.24) is 24.7 Å². The highest BCUT2D eigenvalue weighted by Gasteiger charge is 2.10. The molecule has 0 amide bonds. The molecule has 0 aliphatic carbocycles. The summed E-state index contributed by atoms with van der Waals surface area (Å²) in [6.45, 7) is 0. The SMILES string of the molecule is Cn1c(=O)[nH]c2nnc(-c3cccc(Cl)c3)nc2c1=O. The average molecular weight is 290 g/mol. The number of hydrogen-bond donors (Lipinski definition) is 1. The molecule has 0 atom stereocenters. The first-order valence-corrected chi connectivity index (χ1v) is 6.04. The molecule has 0 unspecified atom stereocenters. The predicted molar refractivity (Wildman–Crippen MR) is 73.6 cm³/mol. The molecule has 100 valence electrons. The summed E-state index contributed by atoms with van der Waals surface area (Å²) in [5, 5.41) is 8.25. The van der Waals surface area contributed by atoms with E-state index in [-0.39, 0.29) is 17.0 Å². The van der Waals surface area contributed by atoms with E-state index in [2.05, 4.69) is 20.2 Å². The Labute approximate surface area is 116 Å². The van der Waals surface area contributed by atoms with Crippen LogP contribution in [-0.4, -0.2) is 24.7 Å². The molecular formula is C12H8ClN5O2. The molecule has 0 bridgehead atoms. The minimum absolute atomic E-state index is 0.0528. The quantitative estimate of drug-likeness (QED) is 0.713. The lowest BCUT2D eigenvalue weighted by Crippen LogP contribution is -2.33. The van der Waals surface area contributed by atoms with Crippen molar-refractivity contribution in [2.45, 2.75) is 0 Å². The highest BCUT2D eigenvalue weighted by Crippen LogP contribution is 2.19. The van der Waals surface area contributed by atoms with Gasteiger partial charge in [-0.15, -0.1) is 10.2 Å². The van der Waals surface area contributed by atoms with Crippen molar-refractivity contribution in [1.29, 1.82) is 0 Å². The Kier molecular flexibility index (Phi) is 2.83. The Bertz CT molecular complexity index is 931. The van der Waals surface area contributed by atoms with Gasteiger partial charge < -0.3 is 0 Å². The number of aromatic nitrogens is 5. The highest BCUT2D eigenvalue weighted by atomic mass is 35.5. The van der Waals surface area contributed by atoms with E-state index in [4.69, 9.17) is 11.6 Å². The number of benzene rings is 1. The third-order valence-electron chi connectivity index (χ3n) is 2.81. The molecule has 2 aromatic heterocycles. The fourth-order valence-corrected chi connectivity index (χ4v) is 1.94. The van der Waals surface area contributed by atoms with Gasteiger partial charge in [0, 0.05) is 17.6 Å². The van der Waals surface area contributed by atoms with Crippen LogP contribution in [0.3, 0.4) is 0 Å². The molecule has 0 spiro atoms. The van der Waals surface area contributed by atoms with Crippen molar-refractivity contribution < 1.29 is 0 Å². The topological polar surface area (TPSA) is 93.5 Å². The fraction of sp³-hybridized carbons (Fsp3) is 0.0833. The van der Waals surface area contributed by atoms with E-state index >= 15 is 0 Å². The number of aromatic amines is 1. The number of nitrogens with one attached hydrogen (secondary N) is 1. The summed E-state index contributed by atoms with van der Waals surface area (Å²) in [4.78, 5) is 30.0. The third-order valence-corrected chi connectivity index (χ3v) is 3.04. The Morgan fingerprint density at radius 2 is 2.05 bits per heavy atom. The van der Waals surface area contributed by atoms with Gasteiger partial charge in [0.15, 0.2) is 17.0 Å². The first-order valence-electron chi connectivity index (χ1n) is 5.66. The number of rotatable bonds is 1. The lowest BCUT2D eigenvalue weighted by atomic mass is 10.2. The lowest BCUT2D eigenvalue weighted by molar-refractivity contribution is 0.781. The molecule has 3 rings (SSSR count). The van der Waals surface area contributed by atoms with Crippen molar-refractivity contribution in [2.75, 3.05) is 0 Å². The van der Waals surface area contributed by atoms with Crippen LogP contribution in [0.15, 0.2) is 33.9 Å². The molecule has 0 radical (unpaired) electrons. The zero-order chi connectivity index (χ0) is 14.3. The Morgan fingerprint density at radius 3 is 2.80 bits per heavy atom. The Hall–Kier alpha value is -2.54. The largest absolute Gasteiger partial charge is 0.329 e. The van der Waals surface area contributed by atoms with Gasteiger partial charge in [0.2, 0.25) is 0 Å². The second-order valence-electron chi connectivity index (χ2n) is 4.14. The van der Waals surface area contributed by atoms with E-state index in [1.807, 2.05) is 0 Å². The fourth-order valence-electron chi connectivity index (χ4n) is 1.75. The van der Waals surface area contributed by atoms with Crippen molar-refractivity contribution in [2.24, 2.45) is 7.05 Å². The number of halogens is 1. The van der Waals surface area contributed by atoms with Crippen molar-refractivity contribution in [3.8, 4) is 11.4 Å². The van der Waals surface area contributed by atoms with Gasteiger partial charge >= 0.3 is 5.69 Å². The normalized spacial score (nSPS) is 10.9. The number of fused-ring (bicyclic) bond motifs is 1. The molecule has 1 aromatic carbocycles. The summed E-state index contributed by atoms with van der Waals surface area (Å²) in [6.07, 6.45) is 0. The minimum atomic E-state index is -0.561. The lowest BCUT2D eigenvalue weighted by Gasteiger charge is -2.02. The maximum atomic E-state index is 12.0. The van der Waals surface area contributed by atoms with Crippen molar-refractivity contribution in [3.63, 3.8) is 0 Å². The molecule has 2 heterocycles. The average Bonchev–Trinajstić information content (AvgIpc) is 2.45. The van der Waals surface area contributed by atoms with E-state index in [9.17, 15) is 9.59 Å². The Morgan fingerprint density at radius 1 is 1.25 bits per heavy atom. The highest BCUT2D eigenvalue weighted by molar-refractivity contribution is 6.30. The molecule has 20 heavy (non-hydrogen) atoms. The summed E-state index contributed by atoms with van der Waals surface area (Å²) in [5.41, 5.74) is -0.336. The first-order chi connectivity index (χ1) is 9.56. The van der Waals surface area contributed by atoms with Crippen LogP contribution >= 0.6 is 11.6 Å². The van der Waals surface area contributed by atoms with Crippen LogP contribution < -0.4 is 11.2 Å². The van der Waals surface area contributed by atoms with Crippen molar-refractivity contribution in [3.05, 3.63) is 50.1 Å². The Balaban J connectivity index is 2.31. The van der Waals surface area contributed by atoms with E-state index in [0.29, 0.717) is 10.6 Å². The third kappa shape index (κ3) is 1.97. The van der Waals surface area contributed by atoms with Gasteiger partial charge in [-0.2, -0.15) is 0 Å². The molecule has 0 saturated carbocycles. The van der Waals surface area contributed by atoms with Gasteiger partial charge in [-0.05, 0) is 12.1 Å². The molecular weight excluding hydrogens is 282 g/mol. The standard InChI is InChI=1S/C12H8ClN5O2/c1-18-11(19)8-10(15-12(18)20)17-16-9(14-8)6-3-2-4-7(13)5-6/h2-5H,1H3,(H,15,17,20). The summed E-state index contributed by atoms with van der Waals surface area (Å²) in [6, 6.07) is 6.89. The van der Waals surface area contributed by atoms with Crippen LogP contribution in [0, 0.1) is 0 Å². The molecule has 0 saturated heterocycles. The smallest absolute Gasteiger partial charge is 0.288 e. The van der Waals surface area contributed by atoms with Crippen molar-refractivity contribution >= 4 is 22.8 Å². The molecule has 7 nitrogen and oxygen atoms in total. The van der Waals surface area contributed by atoms with Crippen LogP contribution in [0.1, 0.15) is 0 Å². The van der Waals surface area contributed by atoms with Crippen LogP contribution in [0.4, 0.5) is 0 Å². The van der Waals surface area contributed by atoms with Gasteiger partial charge in [0.25, 0.3) is 5.56 Å². The zero-order valence-electron chi connectivity index (χ0n) is 10.3. The molecule has 0 aliphatic heterocycles. The number of hydrogen-bond acceptors (Lipinski definition) is 5. The molecule has 3 aromatic rings. The predicted octanol–water partition coefficient (Wildman–Crippen LogP) is 0.732. The number of nitrogens with zero attached hydrogens (tertiary/aromatic N) is 4. The van der Waals surface area contributed by atoms with E-state index in [1.54, 1.807) is 24.3 Å². The van der Waals surface area contributed by atoms with Crippen LogP contribution in [-0.2, 0) is 7.05 Å². The van der Waals surface area contributed by atoms with Gasteiger partial charge in [-0.3, -0.25) is 14.3 Å². The van der Waals surface area contributed by atoms with E-state index in [1.165, 1.54) is 7.05 Å². The van der Waals surface area contributed by atoms with Gasteiger partial charge in [0.05, 0.1) is 0 Å². The minimum Gasteiger partial charge on any atom is -0.288 e. The van der Waals surface area contributed by atoms with E-state index in [0.717, 1.165) is 4.57 Å². The summed E-state index contributed by atoms with van der Waals surface area (Å²) < 4.78 is 0.929. The monoisotopic (exact) mass is 289 g/mol. The maximum absolute atomic E-state index is 12.0. The van der Waals surface area contributed by atoms with Gasteiger partial charge in [-0.1, -0.05) is 23.7 Å². The molecule has 8 heteroatoms. The molecule has 1 N–H and O–H groups in total. The zero-order valence-corrected chi connectivity index (χ0v) is 11.0.